The van der Waals surface area contributed by atoms with Crippen LogP contribution in [0.3, 0.4) is 0 Å². The standard InChI is InChI=1S/C22H29N5O2/c1-3-4-8-11-23-22(29)19-16-20(27-14-12-26(13-15-27)17(2)28)25-21(24-19)18-9-6-5-7-10-18/h5-7,9-10,16H,3-4,8,11-15H2,1-2H3,(H,23,29). The molecule has 1 aliphatic rings. The van der Waals surface area contributed by atoms with E-state index in [1.54, 1.807) is 13.0 Å². The molecular weight excluding hydrogens is 366 g/mol. The SMILES string of the molecule is CCCCCNC(=O)c1cc(N2CCN(C(C)=O)CC2)nc(-c2ccccc2)n1. The van der Waals surface area contributed by atoms with Gasteiger partial charge in [-0.15, -0.1) is 0 Å². The topological polar surface area (TPSA) is 78.4 Å². The number of hydrogen-bond donors (Lipinski definition) is 1. The summed E-state index contributed by atoms with van der Waals surface area (Å²) in [4.78, 5) is 37.5. The summed E-state index contributed by atoms with van der Waals surface area (Å²) in [6.45, 7) is 7.04. The van der Waals surface area contributed by atoms with Gasteiger partial charge in [-0.2, -0.15) is 0 Å². The highest BCUT2D eigenvalue weighted by molar-refractivity contribution is 5.93. The van der Waals surface area contributed by atoms with Crippen LogP contribution in [0.25, 0.3) is 11.4 Å². The first-order chi connectivity index (χ1) is 14.1. The Kier molecular flexibility index (Phi) is 7.16. The molecule has 1 aromatic carbocycles. The Bertz CT molecular complexity index is 832. The van der Waals surface area contributed by atoms with Gasteiger partial charge in [0.1, 0.15) is 11.5 Å². The van der Waals surface area contributed by atoms with Crippen LogP contribution in [-0.4, -0.2) is 59.4 Å². The number of anilines is 1. The van der Waals surface area contributed by atoms with Crippen molar-refractivity contribution in [2.24, 2.45) is 0 Å². The minimum Gasteiger partial charge on any atom is -0.353 e. The summed E-state index contributed by atoms with van der Waals surface area (Å²) >= 11 is 0. The fourth-order valence-electron chi connectivity index (χ4n) is 3.35. The van der Waals surface area contributed by atoms with Gasteiger partial charge in [-0.1, -0.05) is 50.1 Å². The van der Waals surface area contributed by atoms with Gasteiger partial charge in [0.15, 0.2) is 5.82 Å². The van der Waals surface area contributed by atoms with E-state index in [2.05, 4.69) is 22.1 Å². The third-order valence-electron chi connectivity index (χ3n) is 5.09. The van der Waals surface area contributed by atoms with Crippen LogP contribution in [-0.2, 0) is 4.79 Å². The first kappa shape index (κ1) is 20.8. The third-order valence-corrected chi connectivity index (χ3v) is 5.09. The molecule has 1 fully saturated rings. The molecule has 154 valence electrons. The number of hydrogen-bond acceptors (Lipinski definition) is 5. The molecule has 29 heavy (non-hydrogen) atoms. The molecule has 1 N–H and O–H groups in total. The molecule has 1 aromatic heterocycles. The normalized spacial score (nSPS) is 14.0. The Morgan fingerprint density at radius 2 is 1.76 bits per heavy atom. The lowest BCUT2D eigenvalue weighted by atomic mass is 10.2. The van der Waals surface area contributed by atoms with Gasteiger partial charge in [-0.05, 0) is 6.42 Å². The second kappa shape index (κ2) is 10.0. The number of amides is 2. The quantitative estimate of drug-likeness (QED) is 0.730. The highest BCUT2D eigenvalue weighted by atomic mass is 16.2. The van der Waals surface area contributed by atoms with Crippen LogP contribution in [0.15, 0.2) is 36.4 Å². The van der Waals surface area contributed by atoms with Gasteiger partial charge in [0, 0.05) is 51.3 Å². The molecule has 2 heterocycles. The zero-order valence-corrected chi connectivity index (χ0v) is 17.2. The van der Waals surface area contributed by atoms with Gasteiger partial charge in [0.05, 0.1) is 0 Å². The summed E-state index contributed by atoms with van der Waals surface area (Å²) in [5, 5.41) is 2.96. The Balaban J connectivity index is 1.83. The molecule has 0 aliphatic carbocycles. The van der Waals surface area contributed by atoms with Gasteiger partial charge in [0.2, 0.25) is 5.91 Å². The number of carbonyl (C=O) groups excluding carboxylic acids is 2. The van der Waals surface area contributed by atoms with Gasteiger partial charge in [-0.25, -0.2) is 9.97 Å². The van der Waals surface area contributed by atoms with Crippen molar-refractivity contribution in [3.05, 3.63) is 42.1 Å². The Hall–Kier alpha value is -2.96. The van der Waals surface area contributed by atoms with Gasteiger partial charge < -0.3 is 15.1 Å². The van der Waals surface area contributed by atoms with Gasteiger partial charge >= 0.3 is 0 Å². The molecule has 3 rings (SSSR count). The second-order valence-electron chi connectivity index (χ2n) is 7.26. The molecule has 1 saturated heterocycles. The lowest BCUT2D eigenvalue weighted by Gasteiger charge is -2.35. The van der Waals surface area contributed by atoms with E-state index in [0.717, 1.165) is 30.6 Å². The fourth-order valence-corrected chi connectivity index (χ4v) is 3.35. The number of carbonyl (C=O) groups is 2. The van der Waals surface area contributed by atoms with Crippen molar-refractivity contribution in [3.63, 3.8) is 0 Å². The summed E-state index contributed by atoms with van der Waals surface area (Å²) in [6.07, 6.45) is 3.15. The van der Waals surface area contributed by atoms with Crippen molar-refractivity contribution in [1.82, 2.24) is 20.2 Å². The van der Waals surface area contributed by atoms with Crippen molar-refractivity contribution < 1.29 is 9.59 Å². The largest absolute Gasteiger partial charge is 0.353 e. The van der Waals surface area contributed by atoms with Crippen molar-refractivity contribution >= 4 is 17.6 Å². The minimum absolute atomic E-state index is 0.0875. The van der Waals surface area contributed by atoms with E-state index in [-0.39, 0.29) is 11.8 Å². The van der Waals surface area contributed by atoms with E-state index in [1.165, 1.54) is 0 Å². The molecule has 0 unspecified atom stereocenters. The summed E-state index contributed by atoms with van der Waals surface area (Å²) < 4.78 is 0. The maximum absolute atomic E-state index is 12.7. The minimum atomic E-state index is -0.177. The van der Waals surface area contributed by atoms with Crippen LogP contribution in [0.2, 0.25) is 0 Å². The Morgan fingerprint density at radius 3 is 2.41 bits per heavy atom. The lowest BCUT2D eigenvalue weighted by molar-refractivity contribution is -0.129. The highest BCUT2D eigenvalue weighted by Crippen LogP contribution is 2.21. The van der Waals surface area contributed by atoms with Crippen LogP contribution in [0.4, 0.5) is 5.82 Å². The van der Waals surface area contributed by atoms with Gasteiger partial charge in [0.25, 0.3) is 5.91 Å². The summed E-state index contributed by atoms with van der Waals surface area (Å²) in [5.41, 5.74) is 1.25. The van der Waals surface area contributed by atoms with E-state index in [9.17, 15) is 9.59 Å². The van der Waals surface area contributed by atoms with Crippen LogP contribution in [0, 0.1) is 0 Å². The van der Waals surface area contributed by atoms with Crippen molar-refractivity contribution in [2.45, 2.75) is 33.1 Å². The molecule has 0 saturated carbocycles. The number of benzene rings is 1. The molecule has 2 amide bonds. The van der Waals surface area contributed by atoms with Gasteiger partial charge in [-0.3, -0.25) is 9.59 Å². The molecular formula is C22H29N5O2. The van der Waals surface area contributed by atoms with Crippen LogP contribution < -0.4 is 10.2 Å². The smallest absolute Gasteiger partial charge is 0.270 e. The van der Waals surface area contributed by atoms with Crippen LogP contribution >= 0.6 is 0 Å². The number of aromatic nitrogens is 2. The molecule has 7 heteroatoms. The monoisotopic (exact) mass is 395 g/mol. The van der Waals surface area contributed by atoms with Crippen LogP contribution in [0.5, 0.6) is 0 Å². The summed E-state index contributed by atoms with van der Waals surface area (Å²) in [7, 11) is 0. The van der Waals surface area contributed by atoms with Crippen molar-refractivity contribution in [3.8, 4) is 11.4 Å². The predicted octanol–water partition coefficient (Wildman–Crippen LogP) is 2.73. The number of nitrogens with one attached hydrogen (secondary N) is 1. The zero-order chi connectivity index (χ0) is 20.6. The van der Waals surface area contributed by atoms with Crippen molar-refractivity contribution in [2.75, 3.05) is 37.6 Å². The lowest BCUT2D eigenvalue weighted by Crippen LogP contribution is -2.48. The number of nitrogens with zero attached hydrogens (tertiary/aromatic N) is 4. The Morgan fingerprint density at radius 1 is 1.03 bits per heavy atom. The Labute approximate surface area is 172 Å². The van der Waals surface area contributed by atoms with E-state index >= 15 is 0 Å². The molecule has 0 bridgehead atoms. The van der Waals surface area contributed by atoms with E-state index < -0.39 is 0 Å². The molecule has 7 nitrogen and oxygen atoms in total. The first-order valence-electron chi connectivity index (χ1n) is 10.3. The summed E-state index contributed by atoms with van der Waals surface area (Å²) in [5.74, 6) is 1.17. The first-order valence-corrected chi connectivity index (χ1v) is 10.3. The zero-order valence-electron chi connectivity index (χ0n) is 17.2. The summed E-state index contributed by atoms with van der Waals surface area (Å²) in [6, 6.07) is 11.4. The predicted molar refractivity (Wildman–Crippen MR) is 114 cm³/mol. The third kappa shape index (κ3) is 5.53. The molecule has 0 radical (unpaired) electrons. The number of unbranched alkanes of at least 4 members (excludes halogenated alkanes) is 2. The van der Waals surface area contributed by atoms with E-state index in [0.29, 0.717) is 44.2 Å². The maximum Gasteiger partial charge on any atom is 0.270 e. The number of piperazine rings is 1. The molecule has 0 spiro atoms. The molecule has 1 aliphatic heterocycles. The average molecular weight is 396 g/mol. The van der Waals surface area contributed by atoms with E-state index in [1.807, 2.05) is 35.2 Å². The van der Waals surface area contributed by atoms with Crippen molar-refractivity contribution in [1.29, 1.82) is 0 Å². The van der Waals surface area contributed by atoms with E-state index in [4.69, 9.17) is 4.98 Å². The maximum atomic E-state index is 12.7. The molecule has 0 atom stereocenters. The second-order valence-corrected chi connectivity index (χ2v) is 7.26. The molecule has 2 aromatic rings. The van der Waals surface area contributed by atoms with Crippen LogP contribution in [0.1, 0.15) is 43.6 Å². The fraction of sp³-hybridized carbons (Fsp3) is 0.455. The highest BCUT2D eigenvalue weighted by Gasteiger charge is 2.22. The average Bonchev–Trinajstić information content (AvgIpc) is 2.77. The number of rotatable bonds is 7.